The summed E-state index contributed by atoms with van der Waals surface area (Å²) in [6.07, 6.45) is 0.255. The summed E-state index contributed by atoms with van der Waals surface area (Å²) < 4.78 is 10.0. The first-order valence-electron chi connectivity index (χ1n) is 5.60. The van der Waals surface area contributed by atoms with E-state index in [0.29, 0.717) is 13.2 Å². The zero-order chi connectivity index (χ0) is 12.7. The van der Waals surface area contributed by atoms with Crippen molar-refractivity contribution in [2.24, 2.45) is 0 Å². The van der Waals surface area contributed by atoms with Crippen LogP contribution in [0.3, 0.4) is 0 Å². The number of ether oxygens (including phenoxy) is 2. The number of carbonyl (C=O) groups excluding carboxylic acids is 1. The normalized spacial score (nSPS) is 12.1. The Kier molecular flexibility index (Phi) is 5.49. The first-order chi connectivity index (χ1) is 8.17. The van der Waals surface area contributed by atoms with E-state index >= 15 is 0 Å². The molecule has 1 rings (SSSR count). The molecule has 0 aliphatic carbocycles. The van der Waals surface area contributed by atoms with Gasteiger partial charge in [0.05, 0.1) is 19.6 Å². The molecule has 1 N–H and O–H groups in total. The van der Waals surface area contributed by atoms with Gasteiger partial charge in [0.25, 0.3) is 0 Å². The largest absolute Gasteiger partial charge is 0.508 e. The van der Waals surface area contributed by atoms with Crippen molar-refractivity contribution in [2.75, 3.05) is 20.3 Å². The molecular weight excluding hydrogens is 220 g/mol. The maximum atomic E-state index is 11.4. The van der Waals surface area contributed by atoms with E-state index in [2.05, 4.69) is 0 Å². The number of hydrogen-bond donors (Lipinski definition) is 1. The molecule has 0 saturated carbocycles. The molecule has 0 bridgehead atoms. The van der Waals surface area contributed by atoms with Crippen LogP contribution < -0.4 is 0 Å². The highest BCUT2D eigenvalue weighted by atomic mass is 16.5. The van der Waals surface area contributed by atoms with Gasteiger partial charge in [-0.25, -0.2) is 0 Å². The first-order valence-corrected chi connectivity index (χ1v) is 5.60. The Balaban J connectivity index is 2.74. The van der Waals surface area contributed by atoms with Gasteiger partial charge in [0.1, 0.15) is 5.75 Å². The van der Waals surface area contributed by atoms with Crippen molar-refractivity contribution < 1.29 is 19.4 Å². The molecule has 94 valence electrons. The minimum atomic E-state index is -0.252. The summed E-state index contributed by atoms with van der Waals surface area (Å²) in [5, 5.41) is 9.41. The summed E-state index contributed by atoms with van der Waals surface area (Å²) in [5.74, 6) is -0.156. The highest BCUT2D eigenvalue weighted by molar-refractivity contribution is 5.70. The summed E-state index contributed by atoms with van der Waals surface area (Å²) in [5.41, 5.74) is 0.875. The van der Waals surface area contributed by atoms with Crippen LogP contribution >= 0.6 is 0 Å². The molecule has 0 heterocycles. The summed E-state index contributed by atoms with van der Waals surface area (Å²) in [4.78, 5) is 11.4. The molecule has 0 saturated heterocycles. The highest BCUT2D eigenvalue weighted by Gasteiger charge is 2.17. The molecule has 4 heteroatoms. The molecule has 1 atom stereocenters. The summed E-state index contributed by atoms with van der Waals surface area (Å²) in [7, 11) is 1.58. The van der Waals surface area contributed by atoms with Gasteiger partial charge in [-0.05, 0) is 24.6 Å². The van der Waals surface area contributed by atoms with Gasteiger partial charge in [-0.1, -0.05) is 12.1 Å². The predicted octanol–water partition coefficient (Wildman–Crippen LogP) is 2.08. The lowest BCUT2D eigenvalue weighted by Gasteiger charge is -2.15. The molecule has 0 aromatic heterocycles. The van der Waals surface area contributed by atoms with Gasteiger partial charge in [0.15, 0.2) is 0 Å². The molecule has 0 unspecified atom stereocenters. The topological polar surface area (TPSA) is 55.8 Å². The van der Waals surface area contributed by atoms with Crippen LogP contribution in [0.25, 0.3) is 0 Å². The average molecular weight is 238 g/mol. The van der Waals surface area contributed by atoms with Gasteiger partial charge in [-0.3, -0.25) is 4.79 Å². The third kappa shape index (κ3) is 4.44. The number of methoxy groups -OCH3 is 1. The van der Waals surface area contributed by atoms with Crippen LogP contribution in [0.15, 0.2) is 24.3 Å². The van der Waals surface area contributed by atoms with E-state index in [4.69, 9.17) is 9.47 Å². The monoisotopic (exact) mass is 238 g/mol. The predicted molar refractivity (Wildman–Crippen MR) is 64.0 cm³/mol. The minimum absolute atomic E-state index is 0.0915. The zero-order valence-corrected chi connectivity index (χ0v) is 10.2. The Morgan fingerprint density at radius 1 is 1.47 bits per heavy atom. The SMILES string of the molecule is CCOC(=O)C[C@@H](COC)c1cccc(O)c1. The second-order valence-corrected chi connectivity index (χ2v) is 3.76. The smallest absolute Gasteiger partial charge is 0.306 e. The van der Waals surface area contributed by atoms with Gasteiger partial charge in [-0.15, -0.1) is 0 Å². The number of hydrogen-bond acceptors (Lipinski definition) is 4. The number of phenolic OH excluding ortho intramolecular Hbond substituents is 1. The van der Waals surface area contributed by atoms with E-state index in [1.165, 1.54) is 0 Å². The van der Waals surface area contributed by atoms with Crippen molar-refractivity contribution in [1.82, 2.24) is 0 Å². The second kappa shape index (κ2) is 6.91. The van der Waals surface area contributed by atoms with Gasteiger partial charge >= 0.3 is 5.97 Å². The van der Waals surface area contributed by atoms with Crippen molar-refractivity contribution >= 4 is 5.97 Å². The standard InChI is InChI=1S/C13H18O4/c1-3-17-13(15)8-11(9-16-2)10-5-4-6-12(14)7-10/h4-7,11,14H,3,8-9H2,1-2H3/t11-/m0/s1. The van der Waals surface area contributed by atoms with E-state index in [9.17, 15) is 9.90 Å². The van der Waals surface area contributed by atoms with E-state index in [1.807, 2.05) is 6.07 Å². The Hall–Kier alpha value is -1.55. The summed E-state index contributed by atoms with van der Waals surface area (Å²) in [6.45, 7) is 2.57. The number of carbonyl (C=O) groups is 1. The highest BCUT2D eigenvalue weighted by Crippen LogP contribution is 2.23. The molecule has 0 amide bonds. The van der Waals surface area contributed by atoms with Crippen LogP contribution in [-0.2, 0) is 14.3 Å². The molecule has 1 aromatic carbocycles. The molecule has 0 aliphatic heterocycles. The van der Waals surface area contributed by atoms with E-state index < -0.39 is 0 Å². The molecule has 0 aliphatic rings. The van der Waals surface area contributed by atoms with Crippen molar-refractivity contribution in [1.29, 1.82) is 0 Å². The molecule has 0 spiro atoms. The van der Waals surface area contributed by atoms with E-state index in [0.717, 1.165) is 5.56 Å². The van der Waals surface area contributed by atoms with Gasteiger partial charge in [0.2, 0.25) is 0 Å². The molecule has 17 heavy (non-hydrogen) atoms. The molecule has 1 aromatic rings. The lowest BCUT2D eigenvalue weighted by atomic mass is 9.96. The lowest BCUT2D eigenvalue weighted by Crippen LogP contribution is -2.14. The fraction of sp³-hybridized carbons (Fsp3) is 0.462. The van der Waals surface area contributed by atoms with Crippen molar-refractivity contribution in [3.8, 4) is 5.75 Å². The lowest BCUT2D eigenvalue weighted by molar-refractivity contribution is -0.143. The number of rotatable bonds is 6. The molecular formula is C13H18O4. The summed E-state index contributed by atoms with van der Waals surface area (Å²) >= 11 is 0. The minimum Gasteiger partial charge on any atom is -0.508 e. The van der Waals surface area contributed by atoms with Gasteiger partial charge < -0.3 is 14.6 Å². The van der Waals surface area contributed by atoms with Gasteiger partial charge in [0, 0.05) is 13.0 Å². The van der Waals surface area contributed by atoms with Gasteiger partial charge in [-0.2, -0.15) is 0 Å². The van der Waals surface area contributed by atoms with Crippen LogP contribution in [0.4, 0.5) is 0 Å². The number of esters is 1. The van der Waals surface area contributed by atoms with Crippen LogP contribution in [0.5, 0.6) is 5.75 Å². The third-order valence-corrected chi connectivity index (χ3v) is 2.43. The molecule has 0 radical (unpaired) electrons. The van der Waals surface area contributed by atoms with Crippen molar-refractivity contribution in [3.05, 3.63) is 29.8 Å². The van der Waals surface area contributed by atoms with Crippen LogP contribution in [0.2, 0.25) is 0 Å². The number of benzene rings is 1. The Morgan fingerprint density at radius 2 is 2.24 bits per heavy atom. The Bertz CT molecular complexity index is 362. The quantitative estimate of drug-likeness (QED) is 0.771. The van der Waals surface area contributed by atoms with Crippen LogP contribution in [0.1, 0.15) is 24.8 Å². The van der Waals surface area contributed by atoms with E-state index in [-0.39, 0.29) is 24.1 Å². The van der Waals surface area contributed by atoms with E-state index in [1.54, 1.807) is 32.2 Å². The number of phenols is 1. The maximum absolute atomic E-state index is 11.4. The first kappa shape index (κ1) is 13.5. The Morgan fingerprint density at radius 3 is 2.82 bits per heavy atom. The number of aromatic hydroxyl groups is 1. The zero-order valence-electron chi connectivity index (χ0n) is 10.2. The fourth-order valence-electron chi connectivity index (χ4n) is 1.67. The third-order valence-electron chi connectivity index (χ3n) is 2.43. The molecule has 4 nitrogen and oxygen atoms in total. The second-order valence-electron chi connectivity index (χ2n) is 3.76. The Labute approximate surface area is 101 Å². The summed E-state index contributed by atoms with van der Waals surface area (Å²) in [6, 6.07) is 6.85. The average Bonchev–Trinajstić information content (AvgIpc) is 2.29. The maximum Gasteiger partial charge on any atom is 0.306 e. The van der Waals surface area contributed by atoms with Crippen LogP contribution in [-0.4, -0.2) is 31.4 Å². The van der Waals surface area contributed by atoms with Crippen molar-refractivity contribution in [3.63, 3.8) is 0 Å². The fourth-order valence-corrected chi connectivity index (χ4v) is 1.67. The van der Waals surface area contributed by atoms with Crippen LogP contribution in [0, 0.1) is 0 Å². The van der Waals surface area contributed by atoms with Crippen molar-refractivity contribution in [2.45, 2.75) is 19.3 Å². The molecule has 0 fully saturated rings.